The van der Waals surface area contributed by atoms with Gasteiger partial charge in [0.05, 0.1) is 0 Å². The molecule has 1 aromatic rings. The number of aromatic nitrogens is 1. The number of nitrogens with two attached hydrogens (primary N) is 1. The summed E-state index contributed by atoms with van der Waals surface area (Å²) in [5.74, 6) is 0. The Labute approximate surface area is 115 Å². The van der Waals surface area contributed by atoms with Crippen molar-refractivity contribution in [2.75, 3.05) is 13.1 Å². The first-order valence-electron chi connectivity index (χ1n) is 6.51. The maximum absolute atomic E-state index is 12.5. The fraction of sp³-hybridized carbons (Fsp3) is 0.538. The van der Waals surface area contributed by atoms with Crippen LogP contribution in [0.15, 0.2) is 29.8 Å². The molecule has 1 heterocycles. The lowest BCUT2D eigenvalue weighted by Crippen LogP contribution is -2.30. The molecule has 1 aromatic heterocycles. The van der Waals surface area contributed by atoms with E-state index in [-0.39, 0.29) is 0 Å². The minimum atomic E-state index is -3.46. The Morgan fingerprint density at radius 3 is 2.63 bits per heavy atom. The molecule has 0 aliphatic heterocycles. The van der Waals surface area contributed by atoms with Crippen molar-refractivity contribution >= 4 is 10.0 Å². The van der Waals surface area contributed by atoms with Gasteiger partial charge in [0.1, 0.15) is 4.90 Å². The Kier molecular flexibility index (Phi) is 5.78. The molecule has 0 fully saturated rings. The predicted molar refractivity (Wildman–Crippen MR) is 77.2 cm³/mol. The van der Waals surface area contributed by atoms with Crippen molar-refractivity contribution in [1.82, 2.24) is 8.87 Å². The van der Waals surface area contributed by atoms with E-state index < -0.39 is 10.0 Å². The average Bonchev–Trinajstić information content (AvgIpc) is 2.80. The quantitative estimate of drug-likeness (QED) is 0.737. The molecule has 6 heteroatoms. The highest BCUT2D eigenvalue weighted by atomic mass is 32.2. The fourth-order valence-corrected chi connectivity index (χ4v) is 3.46. The number of hydrogen-bond acceptors (Lipinski definition) is 3. The van der Waals surface area contributed by atoms with Gasteiger partial charge in [-0.3, -0.25) is 0 Å². The summed E-state index contributed by atoms with van der Waals surface area (Å²) in [6.07, 6.45) is 4.20. The Morgan fingerprint density at radius 2 is 2.16 bits per heavy atom. The first-order chi connectivity index (χ1) is 9.01. The van der Waals surface area contributed by atoms with Crippen LogP contribution in [0.5, 0.6) is 0 Å². The fourth-order valence-electron chi connectivity index (χ4n) is 1.98. The van der Waals surface area contributed by atoms with E-state index in [4.69, 9.17) is 5.73 Å². The molecule has 2 N–H and O–H groups in total. The average molecular weight is 285 g/mol. The van der Waals surface area contributed by atoms with Crippen LogP contribution in [0.1, 0.15) is 26.0 Å². The van der Waals surface area contributed by atoms with Gasteiger partial charge in [-0.2, -0.15) is 4.31 Å². The molecule has 0 aromatic carbocycles. The second-order valence-electron chi connectivity index (χ2n) is 4.31. The molecule has 5 nitrogen and oxygen atoms in total. The molecule has 19 heavy (non-hydrogen) atoms. The first kappa shape index (κ1) is 15.9. The molecular weight excluding hydrogens is 262 g/mol. The van der Waals surface area contributed by atoms with Crippen LogP contribution in [0.3, 0.4) is 0 Å². The second-order valence-corrected chi connectivity index (χ2v) is 6.25. The van der Waals surface area contributed by atoms with Crippen molar-refractivity contribution in [3.05, 3.63) is 30.6 Å². The monoisotopic (exact) mass is 285 g/mol. The van der Waals surface area contributed by atoms with Crippen molar-refractivity contribution in [2.24, 2.45) is 5.73 Å². The molecule has 108 valence electrons. The van der Waals surface area contributed by atoms with Crippen LogP contribution in [0.4, 0.5) is 0 Å². The van der Waals surface area contributed by atoms with Crippen molar-refractivity contribution in [3.8, 4) is 0 Å². The van der Waals surface area contributed by atoms with Gasteiger partial charge in [-0.15, -0.1) is 6.58 Å². The predicted octanol–water partition coefficient (Wildman–Crippen LogP) is 1.55. The maximum atomic E-state index is 12.5. The van der Waals surface area contributed by atoms with Crippen molar-refractivity contribution < 1.29 is 8.42 Å². The van der Waals surface area contributed by atoms with E-state index in [9.17, 15) is 8.42 Å². The van der Waals surface area contributed by atoms with Crippen LogP contribution in [0.2, 0.25) is 0 Å². The summed E-state index contributed by atoms with van der Waals surface area (Å²) in [6, 6.07) is 1.66. The number of hydrogen-bond donors (Lipinski definition) is 1. The molecule has 0 amide bonds. The number of sulfonamides is 1. The number of aryl methyl sites for hydroxylation is 1. The normalized spacial score (nSPS) is 12.0. The first-order valence-corrected chi connectivity index (χ1v) is 7.95. The molecule has 0 aliphatic rings. The smallest absolute Gasteiger partial charge is 0.244 e. The minimum absolute atomic E-state index is 0.310. The number of nitrogens with zero attached hydrogens (tertiary/aromatic N) is 2. The maximum Gasteiger partial charge on any atom is 0.244 e. The van der Waals surface area contributed by atoms with Gasteiger partial charge in [-0.05, 0) is 12.5 Å². The van der Waals surface area contributed by atoms with Gasteiger partial charge in [0, 0.05) is 38.1 Å². The molecule has 0 aliphatic carbocycles. The lowest BCUT2D eigenvalue weighted by molar-refractivity contribution is 0.459. The van der Waals surface area contributed by atoms with Crippen LogP contribution in [-0.2, 0) is 23.1 Å². The Bertz CT molecular complexity index is 520. The second kappa shape index (κ2) is 6.88. The molecule has 0 radical (unpaired) electrons. The summed E-state index contributed by atoms with van der Waals surface area (Å²) in [4.78, 5) is 0.310. The van der Waals surface area contributed by atoms with E-state index in [2.05, 4.69) is 6.58 Å². The zero-order chi connectivity index (χ0) is 14.5. The highest BCUT2D eigenvalue weighted by Gasteiger charge is 2.24. The van der Waals surface area contributed by atoms with E-state index in [1.807, 2.05) is 18.4 Å². The van der Waals surface area contributed by atoms with Crippen LogP contribution in [-0.4, -0.2) is 30.4 Å². The van der Waals surface area contributed by atoms with Crippen LogP contribution >= 0.6 is 0 Å². The largest absolute Gasteiger partial charge is 0.349 e. The van der Waals surface area contributed by atoms with Gasteiger partial charge in [0.15, 0.2) is 0 Å². The lowest BCUT2D eigenvalue weighted by atomic mass is 10.4. The standard InChI is InChI=1S/C13H23N3O2S/c1-4-7-15-11-13(9-12(15)10-14)19(17,18)16(6-3)8-5-2/h5,9,11H,2,4,6-8,10,14H2,1,3H3. The van der Waals surface area contributed by atoms with E-state index in [1.54, 1.807) is 18.3 Å². The van der Waals surface area contributed by atoms with Crippen LogP contribution < -0.4 is 5.73 Å². The minimum Gasteiger partial charge on any atom is -0.349 e. The zero-order valence-corrected chi connectivity index (χ0v) is 12.5. The molecular formula is C13H23N3O2S. The Balaban J connectivity index is 3.17. The van der Waals surface area contributed by atoms with Gasteiger partial charge >= 0.3 is 0 Å². The number of rotatable bonds is 8. The molecule has 0 spiro atoms. The van der Waals surface area contributed by atoms with E-state index in [1.165, 1.54) is 4.31 Å². The van der Waals surface area contributed by atoms with Gasteiger partial charge in [0.25, 0.3) is 0 Å². The molecule has 0 bridgehead atoms. The molecule has 0 atom stereocenters. The number of likely N-dealkylation sites (N-methyl/N-ethyl adjacent to an activating group) is 1. The highest BCUT2D eigenvalue weighted by molar-refractivity contribution is 7.89. The van der Waals surface area contributed by atoms with Gasteiger partial charge in [0.2, 0.25) is 10.0 Å². The summed E-state index contributed by atoms with van der Waals surface area (Å²) in [6.45, 7) is 9.30. The summed E-state index contributed by atoms with van der Waals surface area (Å²) in [5.41, 5.74) is 6.50. The third-order valence-electron chi connectivity index (χ3n) is 2.96. The summed E-state index contributed by atoms with van der Waals surface area (Å²) in [5, 5.41) is 0. The molecule has 1 rings (SSSR count). The summed E-state index contributed by atoms with van der Waals surface area (Å²) >= 11 is 0. The van der Waals surface area contributed by atoms with E-state index >= 15 is 0 Å². The van der Waals surface area contributed by atoms with Crippen molar-refractivity contribution in [2.45, 2.75) is 38.3 Å². The van der Waals surface area contributed by atoms with Crippen LogP contribution in [0.25, 0.3) is 0 Å². The third kappa shape index (κ3) is 3.46. The topological polar surface area (TPSA) is 68.3 Å². The van der Waals surface area contributed by atoms with Gasteiger partial charge in [-0.25, -0.2) is 8.42 Å². The third-order valence-corrected chi connectivity index (χ3v) is 4.86. The SMILES string of the molecule is C=CCN(CC)S(=O)(=O)c1cc(CN)n(CCC)c1. The van der Waals surface area contributed by atoms with Crippen molar-refractivity contribution in [1.29, 1.82) is 0 Å². The lowest BCUT2D eigenvalue weighted by Gasteiger charge is -2.17. The van der Waals surface area contributed by atoms with Gasteiger partial charge in [-0.1, -0.05) is 19.9 Å². The molecule has 0 unspecified atom stereocenters. The summed E-state index contributed by atoms with van der Waals surface area (Å²) < 4.78 is 28.2. The molecule has 0 saturated heterocycles. The van der Waals surface area contributed by atoms with Gasteiger partial charge < -0.3 is 10.3 Å². The molecule has 0 saturated carbocycles. The van der Waals surface area contributed by atoms with Crippen LogP contribution in [0, 0.1) is 0 Å². The summed E-state index contributed by atoms with van der Waals surface area (Å²) in [7, 11) is -3.46. The zero-order valence-electron chi connectivity index (χ0n) is 11.7. The van der Waals surface area contributed by atoms with Crippen molar-refractivity contribution in [3.63, 3.8) is 0 Å². The highest BCUT2D eigenvalue weighted by Crippen LogP contribution is 2.19. The Morgan fingerprint density at radius 1 is 1.47 bits per heavy atom. The van der Waals surface area contributed by atoms with E-state index in [0.717, 1.165) is 18.7 Å². The Hall–Kier alpha value is -1.11. The van der Waals surface area contributed by atoms with E-state index in [0.29, 0.717) is 24.5 Å².